The molecule has 4 rings (SSSR count). The Bertz CT molecular complexity index is 1590. The summed E-state index contributed by atoms with van der Waals surface area (Å²) in [6.45, 7) is 0.275. The number of carbonyl (C=O) groups excluding carboxylic acids is 1. The van der Waals surface area contributed by atoms with Crippen LogP contribution in [0.5, 0.6) is 5.75 Å². The number of halogens is 1. The average Bonchev–Trinajstić information content (AvgIpc) is 2.89. The summed E-state index contributed by atoms with van der Waals surface area (Å²) >= 11 is 6.42. The first kappa shape index (κ1) is 28.0. The second kappa shape index (κ2) is 12.3. The third-order valence-corrected chi connectivity index (χ3v) is 6.71. The molecule has 0 bridgehead atoms. The fourth-order valence-corrected chi connectivity index (χ4v) is 4.61. The summed E-state index contributed by atoms with van der Waals surface area (Å²) in [5.74, 6) is 0.420. The van der Waals surface area contributed by atoms with Crippen molar-refractivity contribution in [3.8, 4) is 5.75 Å². The van der Waals surface area contributed by atoms with Gasteiger partial charge in [0.15, 0.2) is 11.6 Å². The summed E-state index contributed by atoms with van der Waals surface area (Å²) in [6, 6.07) is 16.9. The number of thiol groups is 1. The number of nitrogens with two attached hydrogens (primary N) is 1. The second-order valence-corrected chi connectivity index (χ2v) is 10.0. The molecule has 204 valence electrons. The van der Waals surface area contributed by atoms with Crippen LogP contribution in [0.1, 0.15) is 5.56 Å². The molecule has 1 amide bonds. The molecule has 0 fully saturated rings. The molecule has 0 saturated carbocycles. The Labute approximate surface area is 232 Å². The van der Waals surface area contributed by atoms with E-state index in [0.717, 1.165) is 4.31 Å². The number of amides is 1. The zero-order valence-corrected chi connectivity index (χ0v) is 23.2. The minimum Gasteiger partial charge on any atom is -0.497 e. The Balaban J connectivity index is 1.86. The highest BCUT2D eigenvalue weighted by molar-refractivity contribution is 7.74. The summed E-state index contributed by atoms with van der Waals surface area (Å²) in [5.41, 5.74) is 8.61. The number of nitrogens with one attached hydrogen (secondary N) is 2. The van der Waals surface area contributed by atoms with E-state index in [1.54, 1.807) is 79.7 Å². The number of hydrogen-bond donors (Lipinski definition) is 4. The molecule has 0 aliphatic rings. The lowest BCUT2D eigenvalue weighted by atomic mass is 10.1. The van der Waals surface area contributed by atoms with Gasteiger partial charge in [0.1, 0.15) is 5.75 Å². The number of hydrogen-bond acceptors (Lipinski definition) is 9. The summed E-state index contributed by atoms with van der Waals surface area (Å²) < 4.78 is 31.8. The number of fused-ring (bicyclic) bond motifs is 1. The van der Waals surface area contributed by atoms with Gasteiger partial charge < -0.3 is 26.0 Å². The fraction of sp³-hybridized carbons (Fsp3) is 0.192. The monoisotopic (exact) mass is 569 g/mol. The average molecular weight is 570 g/mol. The van der Waals surface area contributed by atoms with Crippen molar-refractivity contribution in [2.24, 2.45) is 5.73 Å². The van der Waals surface area contributed by atoms with Gasteiger partial charge >= 0.3 is 0 Å². The van der Waals surface area contributed by atoms with Crippen LogP contribution in [0.4, 0.5) is 28.7 Å². The van der Waals surface area contributed by atoms with Crippen molar-refractivity contribution in [2.45, 2.75) is 6.54 Å². The van der Waals surface area contributed by atoms with Crippen molar-refractivity contribution < 1.29 is 17.9 Å². The zero-order chi connectivity index (χ0) is 28.1. The molecule has 3 aromatic carbocycles. The van der Waals surface area contributed by atoms with Gasteiger partial charge in [0, 0.05) is 18.3 Å². The summed E-state index contributed by atoms with van der Waals surface area (Å²) in [4.78, 5) is 23.5. The minimum atomic E-state index is -3.26. The number of methoxy groups -OCH3 is 1. The summed E-state index contributed by atoms with van der Waals surface area (Å²) in [7, 11) is 1.80. The van der Waals surface area contributed by atoms with E-state index in [2.05, 4.69) is 20.6 Å². The molecule has 0 aliphatic heterocycles. The topological polar surface area (TPSA) is 143 Å². The maximum absolute atomic E-state index is 12.7. The number of benzene rings is 3. The van der Waals surface area contributed by atoms with E-state index < -0.39 is 10.9 Å². The van der Waals surface area contributed by atoms with Crippen LogP contribution in [0.25, 0.3) is 11.0 Å². The molecule has 11 nitrogen and oxygen atoms in total. The van der Waals surface area contributed by atoms with Crippen molar-refractivity contribution in [3.05, 3.63) is 71.2 Å². The van der Waals surface area contributed by atoms with Gasteiger partial charge in [-0.3, -0.25) is 4.79 Å². The maximum Gasteiger partial charge on any atom is 0.238 e. The number of likely N-dealkylation sites (N-methyl/N-ethyl adjacent to an activating group) is 1. The number of aromatic nitrogens is 2. The zero-order valence-electron chi connectivity index (χ0n) is 21.5. The number of carbonyl (C=O) groups is 1. The molecular weight excluding hydrogens is 542 g/mol. The molecular formula is C26H28ClN7O4S. The Kier molecular flexibility index (Phi) is 8.82. The first-order chi connectivity index (χ1) is 18.7. The third-order valence-electron chi connectivity index (χ3n) is 5.63. The molecule has 1 aromatic heterocycles. The van der Waals surface area contributed by atoms with Crippen LogP contribution in [-0.2, 0) is 22.2 Å². The lowest BCUT2D eigenvalue weighted by molar-refractivity contribution is -0.116. The van der Waals surface area contributed by atoms with Gasteiger partial charge in [0.2, 0.25) is 16.8 Å². The molecule has 4 N–H and O–H groups in total. The third kappa shape index (κ3) is 6.55. The lowest BCUT2D eigenvalue weighted by Crippen LogP contribution is -2.27. The van der Waals surface area contributed by atoms with Gasteiger partial charge in [-0.15, -0.1) is 0 Å². The fourth-order valence-electron chi connectivity index (χ4n) is 3.84. The smallest absolute Gasteiger partial charge is 0.238 e. The molecule has 0 saturated heterocycles. The van der Waals surface area contributed by atoms with E-state index in [1.807, 2.05) is 0 Å². The van der Waals surface area contributed by atoms with Gasteiger partial charge in [-0.25, -0.2) is 22.7 Å². The molecule has 0 atom stereocenters. The van der Waals surface area contributed by atoms with Crippen LogP contribution < -0.4 is 25.4 Å². The van der Waals surface area contributed by atoms with E-state index >= 15 is 0 Å². The van der Waals surface area contributed by atoms with Crippen LogP contribution in [0.3, 0.4) is 0 Å². The van der Waals surface area contributed by atoms with Crippen molar-refractivity contribution in [1.82, 2.24) is 14.9 Å². The number of nitrogens with zero attached hydrogens (tertiary/aromatic N) is 4. The number of para-hydroxylation sites is 2. The number of rotatable bonds is 10. The van der Waals surface area contributed by atoms with Gasteiger partial charge in [-0.05, 0) is 56.1 Å². The highest BCUT2D eigenvalue weighted by Crippen LogP contribution is 2.37. The minimum absolute atomic E-state index is 0.00904. The van der Waals surface area contributed by atoms with Gasteiger partial charge in [-0.2, -0.15) is 0 Å². The molecule has 0 aliphatic carbocycles. The van der Waals surface area contributed by atoms with Crippen molar-refractivity contribution in [2.75, 3.05) is 42.7 Å². The standard InChI is InChI=1S/C26H28ClN7O4S/c1-33(2)15-24(35)29-22-12-17(9-8-16(22)14-28)34(39(36)37)26-25(30-20-6-4-5-7-21(20)32-26)31-23-13-18(38-3)10-11-19(23)27/h4-13,39H,14-15,28H2,1-3H3,(H,29,35)(H,30,31). The van der Waals surface area contributed by atoms with Crippen molar-refractivity contribution >= 4 is 68.1 Å². The molecule has 4 aromatic rings. The van der Waals surface area contributed by atoms with Crippen LogP contribution in [0.15, 0.2) is 60.7 Å². The van der Waals surface area contributed by atoms with E-state index in [9.17, 15) is 13.2 Å². The lowest BCUT2D eigenvalue weighted by Gasteiger charge is -2.22. The van der Waals surface area contributed by atoms with Gasteiger partial charge in [0.25, 0.3) is 0 Å². The second-order valence-electron chi connectivity index (χ2n) is 8.74. The Morgan fingerprint density at radius 2 is 1.74 bits per heavy atom. The van der Waals surface area contributed by atoms with E-state index in [-0.39, 0.29) is 36.3 Å². The summed E-state index contributed by atoms with van der Waals surface area (Å²) in [6.07, 6.45) is 0. The normalized spacial score (nSPS) is 11.2. The van der Waals surface area contributed by atoms with Gasteiger partial charge in [-0.1, -0.05) is 29.8 Å². The molecule has 0 unspecified atom stereocenters. The van der Waals surface area contributed by atoms with E-state index in [0.29, 0.717) is 38.7 Å². The SMILES string of the molecule is COc1ccc(Cl)c(Nc2nc3ccccc3nc2N(c2ccc(CN)c(NC(=O)CN(C)C)c2)[SH](=O)=O)c1. The molecule has 0 radical (unpaired) electrons. The van der Waals surface area contributed by atoms with Crippen LogP contribution >= 0.6 is 11.6 Å². The predicted octanol–water partition coefficient (Wildman–Crippen LogP) is 3.66. The maximum atomic E-state index is 12.7. The highest BCUT2D eigenvalue weighted by Gasteiger charge is 2.22. The Morgan fingerprint density at radius 3 is 2.38 bits per heavy atom. The quantitative estimate of drug-likeness (QED) is 0.210. The highest BCUT2D eigenvalue weighted by atomic mass is 35.5. The van der Waals surface area contributed by atoms with Crippen molar-refractivity contribution in [1.29, 1.82) is 0 Å². The first-order valence-corrected chi connectivity index (χ1v) is 13.3. The number of anilines is 5. The predicted molar refractivity (Wildman–Crippen MR) is 155 cm³/mol. The molecule has 1 heterocycles. The Hall–Kier alpha value is -3.97. The van der Waals surface area contributed by atoms with E-state index in [4.69, 9.17) is 22.1 Å². The van der Waals surface area contributed by atoms with Crippen LogP contribution in [0.2, 0.25) is 5.02 Å². The Morgan fingerprint density at radius 1 is 1.03 bits per heavy atom. The number of ether oxygens (including phenoxy) is 1. The molecule has 39 heavy (non-hydrogen) atoms. The van der Waals surface area contributed by atoms with Crippen LogP contribution in [-0.4, -0.2) is 56.9 Å². The summed E-state index contributed by atoms with van der Waals surface area (Å²) in [5, 5.41) is 6.30. The largest absolute Gasteiger partial charge is 0.497 e. The van der Waals surface area contributed by atoms with E-state index in [1.165, 1.54) is 7.11 Å². The van der Waals surface area contributed by atoms with Crippen LogP contribution in [0, 0.1) is 0 Å². The molecule has 13 heteroatoms. The first-order valence-electron chi connectivity index (χ1n) is 11.8. The van der Waals surface area contributed by atoms with Crippen molar-refractivity contribution in [3.63, 3.8) is 0 Å². The van der Waals surface area contributed by atoms with Gasteiger partial charge in [0.05, 0.1) is 41.1 Å². The molecule has 0 spiro atoms.